The lowest BCUT2D eigenvalue weighted by atomic mass is 9.82. The lowest BCUT2D eigenvalue weighted by Gasteiger charge is -2.30. The molecule has 2 saturated carbocycles. The van der Waals surface area contributed by atoms with Crippen LogP contribution in [0.25, 0.3) is 0 Å². The van der Waals surface area contributed by atoms with Gasteiger partial charge in [0.15, 0.2) is 10.1 Å². The van der Waals surface area contributed by atoms with Crippen molar-refractivity contribution < 1.29 is 40.2 Å². The van der Waals surface area contributed by atoms with E-state index < -0.39 is 15.6 Å². The highest BCUT2D eigenvalue weighted by molar-refractivity contribution is 7.86. The second-order valence-corrected chi connectivity index (χ2v) is 9.88. The van der Waals surface area contributed by atoms with Crippen LogP contribution in [0.5, 0.6) is 11.8 Å². The molecule has 0 N–H and O–H groups in total. The predicted molar refractivity (Wildman–Crippen MR) is 93.5 cm³/mol. The first-order valence-corrected chi connectivity index (χ1v) is 11.4. The highest BCUT2D eigenvalue weighted by Gasteiger charge is 2.56. The van der Waals surface area contributed by atoms with Crippen LogP contribution in [0.4, 0.5) is 13.2 Å². The zero-order valence-electron chi connectivity index (χ0n) is 16.0. The smallest absolute Gasteiger partial charge is 0.485 e. The maximum Gasteiger partial charge on any atom is 0.485 e. The number of aromatic nitrogens is 2. The van der Waals surface area contributed by atoms with Crippen LogP contribution in [0.2, 0.25) is 0 Å². The van der Waals surface area contributed by atoms with E-state index in [1.165, 1.54) is 64.2 Å². The lowest BCUT2D eigenvalue weighted by molar-refractivity contribution is -0.749. The van der Waals surface area contributed by atoms with Gasteiger partial charge in [-0.05, 0) is 51.4 Å². The minimum atomic E-state index is -6.09. The van der Waals surface area contributed by atoms with E-state index in [2.05, 4.69) is 15.5 Å². The fraction of sp³-hybridized carbons (Fsp3) is 0.833. The van der Waals surface area contributed by atoms with Gasteiger partial charge in [-0.15, -0.1) is 0 Å². The fourth-order valence-electron chi connectivity index (χ4n) is 5.10. The van der Waals surface area contributed by atoms with Crippen molar-refractivity contribution in [2.45, 2.75) is 80.8 Å². The van der Waals surface area contributed by atoms with E-state index in [1.54, 1.807) is 0 Å². The molecule has 2 aliphatic carbocycles. The summed E-state index contributed by atoms with van der Waals surface area (Å²) >= 11 is 0. The Hall–Kier alpha value is -1.49. The molecule has 2 spiro atoms. The van der Waals surface area contributed by atoms with Crippen LogP contribution in [0.15, 0.2) is 6.33 Å². The van der Waals surface area contributed by atoms with Crippen molar-refractivity contribution in [2.75, 3.05) is 13.2 Å². The molecule has 2 fully saturated rings. The Morgan fingerprint density at radius 3 is 2.07 bits per heavy atom. The zero-order valence-corrected chi connectivity index (χ0v) is 16.9. The lowest BCUT2D eigenvalue weighted by Crippen LogP contribution is -2.55. The summed E-state index contributed by atoms with van der Waals surface area (Å²) in [6, 6.07) is 0. The number of hydrogen-bond donors (Lipinski definition) is 0. The topological polar surface area (TPSA) is 84.5 Å². The number of nitrogens with zero attached hydrogens (tertiary/aromatic N) is 2. The molecule has 1 aromatic heterocycles. The van der Waals surface area contributed by atoms with Gasteiger partial charge in [0, 0.05) is 0 Å². The number of alkyl halides is 3. The minimum Gasteiger partial charge on any atom is -0.741 e. The Kier molecular flexibility index (Phi) is 5.04. The monoisotopic (exact) mass is 438 g/mol. The molecule has 0 aromatic carbocycles. The first-order chi connectivity index (χ1) is 13.6. The Bertz CT molecular complexity index is 820. The molecule has 5 rings (SSSR count). The summed E-state index contributed by atoms with van der Waals surface area (Å²) in [5, 5.41) is 0. The number of halogens is 3. The van der Waals surface area contributed by atoms with Gasteiger partial charge in [0.05, 0.1) is 0 Å². The third kappa shape index (κ3) is 3.49. The number of ether oxygens (including phenoxy) is 2. The molecule has 0 saturated heterocycles. The van der Waals surface area contributed by atoms with E-state index in [-0.39, 0.29) is 11.1 Å². The first kappa shape index (κ1) is 20.8. The van der Waals surface area contributed by atoms with Crippen LogP contribution < -0.4 is 14.0 Å². The van der Waals surface area contributed by atoms with Crippen molar-refractivity contribution in [1.82, 2.24) is 4.57 Å². The summed E-state index contributed by atoms with van der Waals surface area (Å²) in [7, 11) is -6.09. The van der Waals surface area contributed by atoms with Crippen molar-refractivity contribution >= 4 is 10.1 Å². The van der Waals surface area contributed by atoms with Gasteiger partial charge >= 0.3 is 17.3 Å². The number of hydrogen-bond acceptors (Lipinski definition) is 5. The van der Waals surface area contributed by atoms with Crippen LogP contribution in [-0.4, -0.2) is 36.3 Å². The first-order valence-electron chi connectivity index (χ1n) is 10.0. The number of imidazole rings is 1. The molecule has 29 heavy (non-hydrogen) atoms. The second-order valence-electron chi connectivity index (χ2n) is 8.51. The fourth-order valence-corrected chi connectivity index (χ4v) is 5.10. The number of fused-ring (bicyclic) bond motifs is 5. The molecular weight excluding hydrogens is 413 g/mol. The standard InChI is InChI=1S/C17H25N2O2.CHF3O3S/c1-3-7-16(8-4-1)11-20-14-15-19(13-18(14)16)17(12-21-15)9-5-2-6-10-17;2-1(3,4)8(5,6)7/h13H,1-12H2;(H,5,6,7)/q+1;/p-1. The molecule has 0 amide bonds. The molecule has 0 bridgehead atoms. The van der Waals surface area contributed by atoms with Crippen LogP contribution in [0.1, 0.15) is 64.2 Å². The van der Waals surface area contributed by atoms with Crippen LogP contribution in [-0.2, 0) is 21.2 Å². The van der Waals surface area contributed by atoms with Crippen LogP contribution in [0, 0.1) is 0 Å². The Balaban J connectivity index is 0.000000221. The zero-order chi connectivity index (χ0) is 20.9. The average molecular weight is 438 g/mol. The summed E-state index contributed by atoms with van der Waals surface area (Å²) in [6.07, 6.45) is 15.5. The maximum atomic E-state index is 10.7. The summed E-state index contributed by atoms with van der Waals surface area (Å²) in [5.74, 6) is 2.03. The summed E-state index contributed by atoms with van der Waals surface area (Å²) in [5.41, 5.74) is -5.19. The highest BCUT2D eigenvalue weighted by atomic mass is 32.2. The van der Waals surface area contributed by atoms with Crippen molar-refractivity contribution in [3.05, 3.63) is 6.33 Å². The molecule has 1 aromatic rings. The van der Waals surface area contributed by atoms with Gasteiger partial charge in [0.1, 0.15) is 24.3 Å². The normalized spacial score (nSPS) is 24.3. The third-order valence-corrected chi connectivity index (χ3v) is 7.25. The van der Waals surface area contributed by atoms with Gasteiger partial charge in [-0.2, -0.15) is 22.3 Å². The van der Waals surface area contributed by atoms with Crippen molar-refractivity contribution in [3.63, 3.8) is 0 Å². The van der Waals surface area contributed by atoms with Gasteiger partial charge in [-0.25, -0.2) is 8.42 Å². The van der Waals surface area contributed by atoms with Gasteiger partial charge in [0.2, 0.25) is 0 Å². The third-order valence-electron chi connectivity index (χ3n) is 6.68. The molecule has 0 unspecified atom stereocenters. The van der Waals surface area contributed by atoms with Gasteiger partial charge < -0.3 is 14.0 Å². The van der Waals surface area contributed by atoms with E-state index in [0.717, 1.165) is 25.0 Å². The molecule has 164 valence electrons. The van der Waals surface area contributed by atoms with E-state index in [1.807, 2.05) is 0 Å². The molecule has 0 atom stereocenters. The predicted octanol–water partition coefficient (Wildman–Crippen LogP) is 2.93. The Morgan fingerprint density at radius 2 is 1.52 bits per heavy atom. The molecule has 11 heteroatoms. The maximum absolute atomic E-state index is 10.7. The largest absolute Gasteiger partial charge is 0.741 e. The van der Waals surface area contributed by atoms with Crippen LogP contribution >= 0.6 is 0 Å². The molecule has 2 aliphatic heterocycles. The summed E-state index contributed by atoms with van der Waals surface area (Å²) in [6.45, 7) is 1.71. The second kappa shape index (κ2) is 7.04. The van der Waals surface area contributed by atoms with Crippen molar-refractivity contribution in [2.24, 2.45) is 0 Å². The van der Waals surface area contributed by atoms with E-state index in [9.17, 15) is 13.2 Å². The van der Waals surface area contributed by atoms with Gasteiger partial charge in [0.25, 0.3) is 6.33 Å². The number of rotatable bonds is 0. The van der Waals surface area contributed by atoms with Gasteiger partial charge in [-0.3, -0.25) is 0 Å². The molecule has 4 aliphatic rings. The Labute approximate surface area is 167 Å². The average Bonchev–Trinajstić information content (AvgIpc) is 3.29. The molecule has 0 radical (unpaired) electrons. The molecule has 3 heterocycles. The van der Waals surface area contributed by atoms with Crippen LogP contribution in [0.3, 0.4) is 0 Å². The minimum absolute atomic E-state index is 0.226. The molecular formula is C18H25F3N2O5S. The van der Waals surface area contributed by atoms with E-state index in [4.69, 9.17) is 22.4 Å². The van der Waals surface area contributed by atoms with Crippen molar-refractivity contribution in [3.8, 4) is 11.8 Å². The summed E-state index contributed by atoms with van der Waals surface area (Å²) in [4.78, 5) is 0. The van der Waals surface area contributed by atoms with Gasteiger partial charge in [-0.1, -0.05) is 12.8 Å². The SMILES string of the molecule is O=S(=O)([O-])C(F)(F)F.c1n2c(c3[n+]1C1(CCCCC1)CO3)OCC21CCCCC1. The van der Waals surface area contributed by atoms with E-state index in [0.29, 0.717) is 0 Å². The highest BCUT2D eigenvalue weighted by Crippen LogP contribution is 2.48. The van der Waals surface area contributed by atoms with E-state index >= 15 is 0 Å². The quantitative estimate of drug-likeness (QED) is 0.353. The van der Waals surface area contributed by atoms with Crippen molar-refractivity contribution in [1.29, 1.82) is 0 Å². The summed E-state index contributed by atoms with van der Waals surface area (Å²) < 4.78 is 76.0. The Morgan fingerprint density at radius 1 is 0.966 bits per heavy atom. The molecule has 7 nitrogen and oxygen atoms in total.